The number of nitrogens with one attached hydrogen (secondary N) is 2. The van der Waals surface area contributed by atoms with Crippen LogP contribution >= 0.6 is 11.6 Å². The molecule has 2 atom stereocenters. The van der Waals surface area contributed by atoms with Gasteiger partial charge < -0.3 is 9.97 Å². The molecule has 0 radical (unpaired) electrons. The van der Waals surface area contributed by atoms with Gasteiger partial charge in [0, 0.05) is 28.0 Å². The number of hydrogen-bond donors (Lipinski definition) is 2. The summed E-state index contributed by atoms with van der Waals surface area (Å²) in [5, 5.41) is 1.87. The number of alkyl halides is 1. The second kappa shape index (κ2) is 5.30. The summed E-state index contributed by atoms with van der Waals surface area (Å²) in [5.41, 5.74) is 1.58. The van der Waals surface area contributed by atoms with E-state index in [1.165, 1.54) is 18.2 Å². The number of pyridine rings is 1. The van der Waals surface area contributed by atoms with Crippen LogP contribution in [-0.2, 0) is 5.41 Å². The maximum atomic E-state index is 14.7. The summed E-state index contributed by atoms with van der Waals surface area (Å²) in [6.07, 6.45) is 2.30. The molecule has 0 aliphatic heterocycles. The van der Waals surface area contributed by atoms with Crippen LogP contribution in [0, 0.1) is 6.92 Å². The lowest BCUT2D eigenvalue weighted by molar-refractivity contribution is 0.282. The van der Waals surface area contributed by atoms with Gasteiger partial charge in [-0.15, -0.1) is 0 Å². The Morgan fingerprint density at radius 3 is 2.56 bits per heavy atom. The molecule has 0 saturated carbocycles. The number of benzene rings is 1. The number of aryl methyl sites for hydroxylation is 1. The van der Waals surface area contributed by atoms with E-state index in [1.807, 2.05) is 13.0 Å². The van der Waals surface area contributed by atoms with Crippen LogP contribution in [0.3, 0.4) is 0 Å². The van der Waals surface area contributed by atoms with Crippen LogP contribution in [0.25, 0.3) is 21.8 Å². The van der Waals surface area contributed by atoms with Crippen LogP contribution in [0.15, 0.2) is 47.0 Å². The molecule has 2 heterocycles. The first kappa shape index (κ1) is 16.1. The van der Waals surface area contributed by atoms with Gasteiger partial charge in [-0.3, -0.25) is 4.79 Å². The molecule has 1 aromatic carbocycles. The fourth-order valence-corrected chi connectivity index (χ4v) is 3.93. The molecule has 128 valence electrons. The zero-order valence-corrected chi connectivity index (χ0v) is 14.3. The Hall–Kier alpha value is -2.40. The van der Waals surface area contributed by atoms with Gasteiger partial charge in [0.2, 0.25) is 5.56 Å². The first-order chi connectivity index (χ1) is 11.8. The molecule has 1 aliphatic rings. The summed E-state index contributed by atoms with van der Waals surface area (Å²) in [4.78, 5) is 17.7. The van der Waals surface area contributed by atoms with Crippen molar-refractivity contribution in [1.29, 1.82) is 0 Å². The maximum Gasteiger partial charge on any atom is 0.249 e. The van der Waals surface area contributed by atoms with E-state index in [-0.39, 0.29) is 5.56 Å². The standard InChI is InChI=1S/C19H15ClF2N2O/c1-9-16-12(3-4-13-17(16)11(20)8-15(25)23-13)24-18(9)19(2)6-5-10(21)7-14(19)22/h3-8,14,24H,1-2H3,(H,23,25). The first-order valence-electron chi connectivity index (χ1n) is 7.86. The van der Waals surface area contributed by atoms with E-state index in [4.69, 9.17) is 11.6 Å². The predicted octanol–water partition coefficient (Wildman–Crippen LogP) is 4.99. The van der Waals surface area contributed by atoms with Gasteiger partial charge in [0.05, 0.1) is 16.0 Å². The Balaban J connectivity index is 2.06. The third kappa shape index (κ3) is 2.26. The topological polar surface area (TPSA) is 48.6 Å². The van der Waals surface area contributed by atoms with Crippen molar-refractivity contribution in [2.75, 3.05) is 0 Å². The van der Waals surface area contributed by atoms with Gasteiger partial charge in [0.1, 0.15) is 12.0 Å². The van der Waals surface area contributed by atoms with Gasteiger partial charge >= 0.3 is 0 Å². The minimum Gasteiger partial charge on any atom is -0.357 e. The minimum atomic E-state index is -1.49. The Bertz CT molecular complexity index is 1140. The van der Waals surface area contributed by atoms with Gasteiger partial charge in [-0.05, 0) is 43.7 Å². The third-order valence-corrected chi connectivity index (χ3v) is 5.27. The van der Waals surface area contributed by atoms with E-state index >= 15 is 0 Å². The van der Waals surface area contributed by atoms with E-state index in [1.54, 1.807) is 13.0 Å². The van der Waals surface area contributed by atoms with Crippen molar-refractivity contribution < 1.29 is 8.78 Å². The number of allylic oxidation sites excluding steroid dienone is 4. The zero-order chi connectivity index (χ0) is 17.9. The zero-order valence-electron chi connectivity index (χ0n) is 13.6. The van der Waals surface area contributed by atoms with Gasteiger partial charge in [0.25, 0.3) is 0 Å². The Morgan fingerprint density at radius 1 is 1.20 bits per heavy atom. The lowest BCUT2D eigenvalue weighted by Gasteiger charge is -2.30. The average molecular weight is 361 g/mol. The highest BCUT2D eigenvalue weighted by Gasteiger charge is 2.38. The highest BCUT2D eigenvalue weighted by atomic mass is 35.5. The van der Waals surface area contributed by atoms with Crippen LogP contribution in [0.2, 0.25) is 5.02 Å². The summed E-state index contributed by atoms with van der Waals surface area (Å²) in [6.45, 7) is 3.59. The minimum absolute atomic E-state index is 0.281. The molecule has 2 N–H and O–H groups in total. The molecule has 1 aliphatic carbocycles. The lowest BCUT2D eigenvalue weighted by atomic mass is 9.77. The quantitative estimate of drug-likeness (QED) is 0.631. The van der Waals surface area contributed by atoms with E-state index in [0.717, 1.165) is 22.5 Å². The van der Waals surface area contributed by atoms with Crippen LogP contribution < -0.4 is 5.56 Å². The summed E-state index contributed by atoms with van der Waals surface area (Å²) in [6, 6.07) is 4.91. The fourth-order valence-electron chi connectivity index (χ4n) is 3.63. The van der Waals surface area contributed by atoms with Gasteiger partial charge in [-0.2, -0.15) is 0 Å². The molecule has 2 unspecified atom stereocenters. The average Bonchev–Trinajstić information content (AvgIpc) is 2.89. The Kier molecular flexibility index (Phi) is 3.41. The molecule has 4 rings (SSSR count). The number of fused-ring (bicyclic) bond motifs is 3. The van der Waals surface area contributed by atoms with E-state index in [2.05, 4.69) is 9.97 Å². The molecule has 0 fully saturated rings. The van der Waals surface area contributed by atoms with Gasteiger partial charge in [-0.25, -0.2) is 8.78 Å². The second-order valence-corrected chi connectivity index (χ2v) is 6.99. The number of H-pyrrole nitrogens is 2. The number of rotatable bonds is 1. The summed E-state index contributed by atoms with van der Waals surface area (Å²) >= 11 is 6.31. The SMILES string of the molecule is Cc1c(C2(C)C=CC(F)=CC2F)[nH]c2ccc3[nH]c(=O)cc(Cl)c3c12. The van der Waals surface area contributed by atoms with Crippen molar-refractivity contribution in [3.8, 4) is 0 Å². The maximum absolute atomic E-state index is 14.7. The second-order valence-electron chi connectivity index (χ2n) is 6.59. The lowest BCUT2D eigenvalue weighted by Crippen LogP contribution is -2.33. The molecule has 0 amide bonds. The molecular formula is C19H15ClF2N2O. The van der Waals surface area contributed by atoms with Crippen LogP contribution in [0.5, 0.6) is 0 Å². The Morgan fingerprint density at radius 2 is 1.88 bits per heavy atom. The monoisotopic (exact) mass is 360 g/mol. The van der Waals surface area contributed by atoms with Crippen molar-refractivity contribution in [3.05, 3.63) is 68.9 Å². The molecule has 0 spiro atoms. The van der Waals surface area contributed by atoms with Gasteiger partial charge in [0.15, 0.2) is 0 Å². The molecule has 0 bridgehead atoms. The molecule has 6 heteroatoms. The van der Waals surface area contributed by atoms with Crippen LogP contribution in [0.1, 0.15) is 18.2 Å². The van der Waals surface area contributed by atoms with Crippen molar-refractivity contribution in [2.45, 2.75) is 25.4 Å². The fraction of sp³-hybridized carbons (Fsp3) is 0.211. The Labute approximate surface area is 147 Å². The molecule has 25 heavy (non-hydrogen) atoms. The van der Waals surface area contributed by atoms with E-state index in [9.17, 15) is 13.6 Å². The number of hydrogen-bond acceptors (Lipinski definition) is 1. The summed E-state index contributed by atoms with van der Waals surface area (Å²) < 4.78 is 28.0. The number of aromatic amines is 2. The first-order valence-corrected chi connectivity index (χ1v) is 8.24. The normalized spacial score (nSPS) is 23.4. The summed E-state index contributed by atoms with van der Waals surface area (Å²) in [5.74, 6) is -0.579. The predicted molar refractivity (Wildman–Crippen MR) is 96.8 cm³/mol. The third-order valence-electron chi connectivity index (χ3n) is 4.98. The van der Waals surface area contributed by atoms with Crippen LogP contribution in [-0.4, -0.2) is 16.1 Å². The van der Waals surface area contributed by atoms with Crippen molar-refractivity contribution in [2.24, 2.45) is 0 Å². The molecule has 3 nitrogen and oxygen atoms in total. The largest absolute Gasteiger partial charge is 0.357 e. The molecule has 3 aromatic rings. The van der Waals surface area contributed by atoms with Crippen molar-refractivity contribution in [3.63, 3.8) is 0 Å². The highest BCUT2D eigenvalue weighted by Crippen LogP contribution is 2.41. The number of aromatic nitrogens is 2. The molecular weight excluding hydrogens is 346 g/mol. The summed E-state index contributed by atoms with van der Waals surface area (Å²) in [7, 11) is 0. The van der Waals surface area contributed by atoms with E-state index in [0.29, 0.717) is 21.6 Å². The smallest absolute Gasteiger partial charge is 0.249 e. The molecule has 0 saturated heterocycles. The van der Waals surface area contributed by atoms with E-state index < -0.39 is 17.4 Å². The van der Waals surface area contributed by atoms with Gasteiger partial charge in [-0.1, -0.05) is 17.7 Å². The van der Waals surface area contributed by atoms with Crippen molar-refractivity contribution >= 4 is 33.4 Å². The van der Waals surface area contributed by atoms with Crippen LogP contribution in [0.4, 0.5) is 8.78 Å². The molecule has 2 aromatic heterocycles. The number of halogens is 3. The highest BCUT2D eigenvalue weighted by molar-refractivity contribution is 6.37. The van der Waals surface area contributed by atoms with Crippen molar-refractivity contribution in [1.82, 2.24) is 9.97 Å².